The summed E-state index contributed by atoms with van der Waals surface area (Å²) in [4.78, 5) is 11.1. The summed E-state index contributed by atoms with van der Waals surface area (Å²) in [6.07, 6.45) is 5.38. The van der Waals surface area contributed by atoms with Gasteiger partial charge in [0.2, 0.25) is 0 Å². The summed E-state index contributed by atoms with van der Waals surface area (Å²) in [6.45, 7) is 3.58. The third-order valence-corrected chi connectivity index (χ3v) is 5.13. The first kappa shape index (κ1) is 19.4. The Bertz CT molecular complexity index is 726. The molecule has 27 heavy (non-hydrogen) atoms. The number of benzene rings is 1. The lowest BCUT2D eigenvalue weighted by molar-refractivity contribution is 0.0625. The first-order valence-electron chi connectivity index (χ1n) is 9.76. The van der Waals surface area contributed by atoms with Crippen LogP contribution < -0.4 is 5.32 Å². The molecule has 144 valence electrons. The topological polar surface area (TPSA) is 49.8 Å². The minimum absolute atomic E-state index is 0.745. The van der Waals surface area contributed by atoms with Crippen molar-refractivity contribution in [1.29, 1.82) is 0 Å². The molecular weight excluding hydrogens is 336 g/mol. The number of nitrogens with zero attached hydrogens (tertiary/aromatic N) is 3. The van der Waals surface area contributed by atoms with E-state index < -0.39 is 0 Å². The second kappa shape index (κ2) is 10.1. The molecule has 0 unspecified atom stereocenters. The maximum atomic E-state index is 5.45. The largest absolute Gasteiger partial charge is 0.381 e. The predicted octanol–water partition coefficient (Wildman–Crippen LogP) is 3.57. The molecule has 0 amide bonds. The standard InChI is InChI=1S/C22H30N4O/c1-23-22(26(2)13-9-18-10-14-27-15-11-18)25-17-19-6-5-7-20(16-19)21-8-3-4-12-24-21/h3-8,12,16,18H,9-11,13-15,17H2,1-2H3,(H,23,25). The summed E-state index contributed by atoms with van der Waals surface area (Å²) in [7, 11) is 3.95. The third-order valence-electron chi connectivity index (χ3n) is 5.13. The molecule has 1 aliphatic heterocycles. The number of rotatable bonds is 6. The van der Waals surface area contributed by atoms with Crippen molar-refractivity contribution in [2.45, 2.75) is 25.8 Å². The molecule has 0 atom stereocenters. The summed E-state index contributed by atoms with van der Waals surface area (Å²) >= 11 is 0. The summed E-state index contributed by atoms with van der Waals surface area (Å²) in [6, 6.07) is 14.5. The van der Waals surface area contributed by atoms with Gasteiger partial charge in [-0.1, -0.05) is 24.3 Å². The summed E-state index contributed by atoms with van der Waals surface area (Å²) in [5, 5.41) is 3.48. The molecule has 2 heterocycles. The van der Waals surface area contributed by atoms with Gasteiger partial charge in [0, 0.05) is 52.2 Å². The van der Waals surface area contributed by atoms with Crippen LogP contribution in [0, 0.1) is 5.92 Å². The van der Waals surface area contributed by atoms with Crippen LogP contribution in [0.3, 0.4) is 0 Å². The Labute approximate surface area is 162 Å². The molecule has 5 nitrogen and oxygen atoms in total. The van der Waals surface area contributed by atoms with Crippen LogP contribution in [0.15, 0.2) is 53.7 Å². The van der Waals surface area contributed by atoms with Gasteiger partial charge in [-0.15, -0.1) is 0 Å². The molecule has 5 heteroatoms. The SMILES string of the molecule is CN=C(NCc1cccc(-c2ccccn2)c1)N(C)CCC1CCOCC1. The van der Waals surface area contributed by atoms with E-state index in [2.05, 4.69) is 51.5 Å². The Balaban J connectivity index is 1.53. The minimum atomic E-state index is 0.745. The lowest BCUT2D eigenvalue weighted by Crippen LogP contribution is -2.39. The molecule has 1 saturated heterocycles. The number of aliphatic imine (C=N–C) groups is 1. The normalized spacial score (nSPS) is 15.6. The first-order valence-corrected chi connectivity index (χ1v) is 9.76. The van der Waals surface area contributed by atoms with Crippen molar-refractivity contribution in [2.75, 3.05) is 33.9 Å². The Morgan fingerprint density at radius 3 is 2.81 bits per heavy atom. The molecule has 1 fully saturated rings. The van der Waals surface area contributed by atoms with Crippen molar-refractivity contribution < 1.29 is 4.74 Å². The number of nitrogens with one attached hydrogen (secondary N) is 1. The highest BCUT2D eigenvalue weighted by molar-refractivity contribution is 5.79. The molecule has 1 aromatic carbocycles. The molecule has 0 radical (unpaired) electrons. The van der Waals surface area contributed by atoms with Gasteiger partial charge in [-0.2, -0.15) is 0 Å². The van der Waals surface area contributed by atoms with E-state index in [1.807, 2.05) is 31.4 Å². The fourth-order valence-corrected chi connectivity index (χ4v) is 3.46. The van der Waals surface area contributed by atoms with Crippen molar-refractivity contribution in [2.24, 2.45) is 10.9 Å². The number of ether oxygens (including phenoxy) is 1. The van der Waals surface area contributed by atoms with E-state index in [0.29, 0.717) is 0 Å². The maximum absolute atomic E-state index is 5.45. The van der Waals surface area contributed by atoms with Crippen LogP contribution in [0.25, 0.3) is 11.3 Å². The van der Waals surface area contributed by atoms with Crippen LogP contribution in [-0.4, -0.2) is 49.7 Å². The Kier molecular flexibility index (Phi) is 7.22. The molecule has 2 aromatic rings. The first-order chi connectivity index (χ1) is 13.3. The van der Waals surface area contributed by atoms with E-state index in [1.165, 1.54) is 24.8 Å². The number of guanidine groups is 1. The average molecular weight is 367 g/mol. The zero-order chi connectivity index (χ0) is 18.9. The van der Waals surface area contributed by atoms with Crippen LogP contribution in [0.2, 0.25) is 0 Å². The lowest BCUT2D eigenvalue weighted by Gasteiger charge is -2.27. The predicted molar refractivity (Wildman–Crippen MR) is 111 cm³/mol. The molecular formula is C22H30N4O. The Hall–Kier alpha value is -2.40. The molecule has 1 N–H and O–H groups in total. The van der Waals surface area contributed by atoms with E-state index in [-0.39, 0.29) is 0 Å². The highest BCUT2D eigenvalue weighted by Crippen LogP contribution is 2.19. The third kappa shape index (κ3) is 5.79. The molecule has 0 bridgehead atoms. The summed E-state index contributed by atoms with van der Waals surface area (Å²) < 4.78 is 5.45. The van der Waals surface area contributed by atoms with Gasteiger partial charge in [-0.3, -0.25) is 9.98 Å². The van der Waals surface area contributed by atoms with Gasteiger partial charge in [0.1, 0.15) is 0 Å². The Morgan fingerprint density at radius 1 is 1.22 bits per heavy atom. The molecule has 3 rings (SSSR count). The smallest absolute Gasteiger partial charge is 0.193 e. The van der Waals surface area contributed by atoms with Crippen molar-refractivity contribution in [3.05, 3.63) is 54.2 Å². The van der Waals surface area contributed by atoms with Gasteiger partial charge in [-0.05, 0) is 48.9 Å². The van der Waals surface area contributed by atoms with Crippen molar-refractivity contribution in [1.82, 2.24) is 15.2 Å². The second-order valence-corrected chi connectivity index (χ2v) is 7.08. The molecule has 0 saturated carbocycles. The molecule has 0 spiro atoms. The fourth-order valence-electron chi connectivity index (χ4n) is 3.46. The zero-order valence-corrected chi connectivity index (χ0v) is 16.4. The number of hydrogen-bond acceptors (Lipinski definition) is 3. The average Bonchev–Trinajstić information content (AvgIpc) is 2.74. The summed E-state index contributed by atoms with van der Waals surface area (Å²) in [5.41, 5.74) is 3.35. The van der Waals surface area contributed by atoms with Gasteiger partial charge in [0.25, 0.3) is 0 Å². The Morgan fingerprint density at radius 2 is 2.07 bits per heavy atom. The highest BCUT2D eigenvalue weighted by Gasteiger charge is 2.15. The van der Waals surface area contributed by atoms with E-state index in [0.717, 1.165) is 49.4 Å². The van der Waals surface area contributed by atoms with Gasteiger partial charge in [0.05, 0.1) is 5.69 Å². The fraction of sp³-hybridized carbons (Fsp3) is 0.455. The van der Waals surface area contributed by atoms with Gasteiger partial charge in [-0.25, -0.2) is 0 Å². The van der Waals surface area contributed by atoms with Crippen LogP contribution in [0.4, 0.5) is 0 Å². The van der Waals surface area contributed by atoms with Gasteiger partial charge in [0.15, 0.2) is 5.96 Å². The van der Waals surface area contributed by atoms with Crippen LogP contribution in [-0.2, 0) is 11.3 Å². The monoisotopic (exact) mass is 366 g/mol. The van der Waals surface area contributed by atoms with E-state index in [9.17, 15) is 0 Å². The van der Waals surface area contributed by atoms with Crippen LogP contribution in [0.1, 0.15) is 24.8 Å². The number of aromatic nitrogens is 1. The van der Waals surface area contributed by atoms with Crippen molar-refractivity contribution in [3.63, 3.8) is 0 Å². The number of hydrogen-bond donors (Lipinski definition) is 1. The lowest BCUT2D eigenvalue weighted by atomic mass is 9.96. The van der Waals surface area contributed by atoms with Crippen LogP contribution in [0.5, 0.6) is 0 Å². The zero-order valence-electron chi connectivity index (χ0n) is 16.4. The van der Waals surface area contributed by atoms with E-state index in [1.54, 1.807) is 0 Å². The van der Waals surface area contributed by atoms with Gasteiger partial charge >= 0.3 is 0 Å². The molecule has 1 aromatic heterocycles. The van der Waals surface area contributed by atoms with E-state index >= 15 is 0 Å². The molecule has 1 aliphatic rings. The van der Waals surface area contributed by atoms with Crippen molar-refractivity contribution >= 4 is 5.96 Å². The minimum Gasteiger partial charge on any atom is -0.381 e. The maximum Gasteiger partial charge on any atom is 0.193 e. The van der Waals surface area contributed by atoms with Crippen molar-refractivity contribution in [3.8, 4) is 11.3 Å². The van der Waals surface area contributed by atoms with E-state index in [4.69, 9.17) is 4.74 Å². The quantitative estimate of drug-likeness (QED) is 0.627. The van der Waals surface area contributed by atoms with Gasteiger partial charge < -0.3 is 15.0 Å². The number of pyridine rings is 1. The molecule has 0 aliphatic carbocycles. The summed E-state index contributed by atoms with van der Waals surface area (Å²) in [5.74, 6) is 1.71. The highest BCUT2D eigenvalue weighted by atomic mass is 16.5. The van der Waals surface area contributed by atoms with Crippen LogP contribution >= 0.6 is 0 Å². The second-order valence-electron chi connectivity index (χ2n) is 7.08.